The average Bonchev–Trinajstić information content (AvgIpc) is 2.75. The van der Waals surface area contributed by atoms with Crippen molar-refractivity contribution in [3.63, 3.8) is 0 Å². The summed E-state index contributed by atoms with van der Waals surface area (Å²) in [6.45, 7) is 0. The fraction of sp³-hybridized carbons (Fsp3) is 0.500. The standard InChI is InChI=1S/C14H20N2O2/c1-18-13-8-3-2-5-10(13)9-14(17)16-12-7-4-6-11(12)15/h2-3,5,8,11-12H,4,6-7,9,15H2,1H3,(H,16,17). The molecule has 1 saturated carbocycles. The number of hydrogen-bond donors (Lipinski definition) is 2. The lowest BCUT2D eigenvalue weighted by molar-refractivity contribution is -0.121. The van der Waals surface area contributed by atoms with Crippen LogP contribution in [0.15, 0.2) is 24.3 Å². The predicted octanol–water partition coefficient (Wildman–Crippen LogP) is 1.23. The summed E-state index contributed by atoms with van der Waals surface area (Å²) in [4.78, 5) is 12.0. The lowest BCUT2D eigenvalue weighted by atomic mass is 10.1. The van der Waals surface area contributed by atoms with Crippen molar-refractivity contribution in [1.82, 2.24) is 5.32 Å². The van der Waals surface area contributed by atoms with E-state index in [2.05, 4.69) is 5.32 Å². The van der Waals surface area contributed by atoms with Crippen LogP contribution in [0, 0.1) is 0 Å². The van der Waals surface area contributed by atoms with Gasteiger partial charge in [0.2, 0.25) is 5.91 Å². The van der Waals surface area contributed by atoms with Crippen LogP contribution >= 0.6 is 0 Å². The minimum atomic E-state index is 0.0156. The van der Waals surface area contributed by atoms with Gasteiger partial charge in [-0.1, -0.05) is 18.2 Å². The van der Waals surface area contributed by atoms with Crippen LogP contribution in [0.2, 0.25) is 0 Å². The molecule has 1 aliphatic rings. The minimum Gasteiger partial charge on any atom is -0.496 e. The van der Waals surface area contributed by atoms with Crippen molar-refractivity contribution < 1.29 is 9.53 Å². The molecule has 0 heterocycles. The van der Waals surface area contributed by atoms with E-state index in [-0.39, 0.29) is 18.0 Å². The van der Waals surface area contributed by atoms with E-state index in [9.17, 15) is 4.79 Å². The van der Waals surface area contributed by atoms with E-state index in [1.54, 1.807) is 7.11 Å². The van der Waals surface area contributed by atoms with Gasteiger partial charge in [0.25, 0.3) is 0 Å². The van der Waals surface area contributed by atoms with Gasteiger partial charge in [-0.15, -0.1) is 0 Å². The Balaban J connectivity index is 1.94. The molecule has 1 fully saturated rings. The molecular weight excluding hydrogens is 228 g/mol. The van der Waals surface area contributed by atoms with Gasteiger partial charge in [-0.25, -0.2) is 0 Å². The third-order valence-corrected chi connectivity index (χ3v) is 3.46. The van der Waals surface area contributed by atoms with Crippen LogP contribution in [0.3, 0.4) is 0 Å². The number of methoxy groups -OCH3 is 1. The summed E-state index contributed by atoms with van der Waals surface area (Å²) < 4.78 is 5.23. The molecule has 4 heteroatoms. The third-order valence-electron chi connectivity index (χ3n) is 3.46. The molecule has 0 radical (unpaired) electrons. The lowest BCUT2D eigenvalue weighted by Gasteiger charge is -2.17. The molecule has 0 aromatic heterocycles. The lowest BCUT2D eigenvalue weighted by Crippen LogP contribution is -2.44. The third kappa shape index (κ3) is 3.01. The first-order chi connectivity index (χ1) is 8.70. The van der Waals surface area contributed by atoms with Crippen LogP contribution in [0.5, 0.6) is 5.75 Å². The summed E-state index contributed by atoms with van der Waals surface area (Å²) in [5.41, 5.74) is 6.84. The minimum absolute atomic E-state index is 0.0156. The van der Waals surface area contributed by atoms with Gasteiger partial charge in [0, 0.05) is 17.6 Å². The Kier molecular flexibility index (Phi) is 4.20. The SMILES string of the molecule is COc1ccccc1CC(=O)NC1CCCC1N. The van der Waals surface area contributed by atoms with Gasteiger partial charge in [0.15, 0.2) is 0 Å². The summed E-state index contributed by atoms with van der Waals surface area (Å²) in [6, 6.07) is 7.81. The number of hydrogen-bond acceptors (Lipinski definition) is 3. The zero-order valence-electron chi connectivity index (χ0n) is 10.7. The van der Waals surface area contributed by atoms with Crippen molar-refractivity contribution >= 4 is 5.91 Å². The molecule has 2 rings (SSSR count). The Morgan fingerprint density at radius 3 is 2.89 bits per heavy atom. The van der Waals surface area contributed by atoms with Gasteiger partial charge in [0.05, 0.1) is 13.5 Å². The molecule has 1 aromatic rings. The smallest absolute Gasteiger partial charge is 0.224 e. The largest absolute Gasteiger partial charge is 0.496 e. The number of benzene rings is 1. The highest BCUT2D eigenvalue weighted by Crippen LogP contribution is 2.19. The highest BCUT2D eigenvalue weighted by atomic mass is 16.5. The van der Waals surface area contributed by atoms with Crippen LogP contribution in [0.4, 0.5) is 0 Å². The van der Waals surface area contributed by atoms with E-state index in [0.29, 0.717) is 6.42 Å². The summed E-state index contributed by atoms with van der Waals surface area (Å²) >= 11 is 0. The molecule has 4 nitrogen and oxygen atoms in total. The van der Waals surface area contributed by atoms with Crippen molar-refractivity contribution in [1.29, 1.82) is 0 Å². The molecule has 3 N–H and O–H groups in total. The van der Waals surface area contributed by atoms with Gasteiger partial charge < -0.3 is 15.8 Å². The first-order valence-corrected chi connectivity index (χ1v) is 6.37. The number of carbonyl (C=O) groups excluding carboxylic acids is 1. The summed E-state index contributed by atoms with van der Waals surface area (Å²) in [7, 11) is 1.61. The molecular formula is C14H20N2O2. The summed E-state index contributed by atoms with van der Waals surface area (Å²) in [6.07, 6.45) is 3.42. The molecule has 1 amide bonds. The van der Waals surface area contributed by atoms with E-state index < -0.39 is 0 Å². The topological polar surface area (TPSA) is 64.3 Å². The number of nitrogens with one attached hydrogen (secondary N) is 1. The second kappa shape index (κ2) is 5.87. The fourth-order valence-electron chi connectivity index (χ4n) is 2.45. The normalized spacial score (nSPS) is 22.8. The molecule has 98 valence electrons. The van der Waals surface area contributed by atoms with Crippen LogP contribution in [-0.2, 0) is 11.2 Å². The summed E-state index contributed by atoms with van der Waals surface area (Å²) in [5.74, 6) is 0.769. The number of ether oxygens (including phenoxy) is 1. The van der Waals surface area contributed by atoms with Crippen molar-refractivity contribution in [2.24, 2.45) is 5.73 Å². The van der Waals surface area contributed by atoms with E-state index in [1.165, 1.54) is 0 Å². The van der Waals surface area contributed by atoms with Gasteiger partial charge >= 0.3 is 0 Å². The second-order valence-corrected chi connectivity index (χ2v) is 4.76. The Labute approximate surface area is 108 Å². The molecule has 0 spiro atoms. The Morgan fingerprint density at radius 1 is 1.44 bits per heavy atom. The van der Waals surface area contributed by atoms with Gasteiger partial charge in [-0.3, -0.25) is 4.79 Å². The second-order valence-electron chi connectivity index (χ2n) is 4.76. The fourth-order valence-corrected chi connectivity index (χ4v) is 2.45. The number of amides is 1. The first-order valence-electron chi connectivity index (χ1n) is 6.37. The van der Waals surface area contributed by atoms with Gasteiger partial charge in [-0.2, -0.15) is 0 Å². The van der Waals surface area contributed by atoms with Crippen LogP contribution in [0.25, 0.3) is 0 Å². The molecule has 1 aliphatic carbocycles. The predicted molar refractivity (Wildman–Crippen MR) is 70.5 cm³/mol. The van der Waals surface area contributed by atoms with Crippen molar-refractivity contribution in [3.8, 4) is 5.75 Å². The van der Waals surface area contributed by atoms with Crippen LogP contribution < -0.4 is 15.8 Å². The Hall–Kier alpha value is -1.55. The van der Waals surface area contributed by atoms with Gasteiger partial charge in [0.1, 0.15) is 5.75 Å². The van der Waals surface area contributed by atoms with Crippen molar-refractivity contribution in [2.75, 3.05) is 7.11 Å². The number of para-hydroxylation sites is 1. The van der Waals surface area contributed by atoms with Gasteiger partial charge in [-0.05, 0) is 25.3 Å². The maximum Gasteiger partial charge on any atom is 0.224 e. The monoisotopic (exact) mass is 248 g/mol. The number of nitrogens with two attached hydrogens (primary N) is 1. The molecule has 0 bridgehead atoms. The Bertz CT molecular complexity index is 420. The number of rotatable bonds is 4. The Morgan fingerprint density at radius 2 is 2.22 bits per heavy atom. The molecule has 2 atom stereocenters. The zero-order valence-corrected chi connectivity index (χ0v) is 10.7. The molecule has 1 aromatic carbocycles. The van der Waals surface area contributed by atoms with E-state index in [0.717, 1.165) is 30.6 Å². The average molecular weight is 248 g/mol. The van der Waals surface area contributed by atoms with Crippen molar-refractivity contribution in [3.05, 3.63) is 29.8 Å². The quantitative estimate of drug-likeness (QED) is 0.842. The molecule has 2 unspecified atom stereocenters. The van der Waals surface area contributed by atoms with E-state index in [1.807, 2.05) is 24.3 Å². The van der Waals surface area contributed by atoms with Crippen LogP contribution in [-0.4, -0.2) is 25.1 Å². The van der Waals surface area contributed by atoms with E-state index in [4.69, 9.17) is 10.5 Å². The number of carbonyl (C=O) groups is 1. The maximum absolute atomic E-state index is 12.0. The van der Waals surface area contributed by atoms with Crippen LogP contribution in [0.1, 0.15) is 24.8 Å². The highest BCUT2D eigenvalue weighted by molar-refractivity contribution is 5.79. The maximum atomic E-state index is 12.0. The molecule has 0 aliphatic heterocycles. The highest BCUT2D eigenvalue weighted by Gasteiger charge is 2.25. The van der Waals surface area contributed by atoms with E-state index >= 15 is 0 Å². The van der Waals surface area contributed by atoms with Crippen molar-refractivity contribution in [2.45, 2.75) is 37.8 Å². The summed E-state index contributed by atoms with van der Waals surface area (Å²) in [5, 5.41) is 3.01. The first kappa shape index (κ1) is 12.9. The molecule has 0 saturated heterocycles. The molecule has 18 heavy (non-hydrogen) atoms. The zero-order chi connectivity index (χ0) is 13.0.